The molecule has 6 aromatic carbocycles. The first kappa shape index (κ1) is 26.4. The van der Waals surface area contributed by atoms with Crippen LogP contribution in [0.25, 0.3) is 44.2 Å². The van der Waals surface area contributed by atoms with E-state index in [4.69, 9.17) is 4.42 Å². The first-order valence-corrected chi connectivity index (χ1v) is 16.2. The van der Waals surface area contributed by atoms with Crippen LogP contribution in [0.4, 0.5) is 17.1 Å². The van der Waals surface area contributed by atoms with E-state index in [0.717, 1.165) is 21.9 Å². The highest BCUT2D eigenvalue weighted by molar-refractivity contribution is 7.01. The molecule has 0 N–H and O–H groups in total. The topological polar surface area (TPSA) is 16.4 Å². The predicted octanol–water partition coefficient (Wildman–Crippen LogP) is 9.78. The third kappa shape index (κ3) is 3.90. The number of anilines is 3. The fourth-order valence-electron chi connectivity index (χ4n) is 7.68. The Morgan fingerprint density at radius 3 is 2.18 bits per heavy atom. The maximum absolute atomic E-state index is 6.20. The molecule has 0 unspecified atom stereocenters. The number of benzene rings is 6. The minimum atomic E-state index is 0.210. The smallest absolute Gasteiger partial charge is 0.248 e. The molecular formula is C42H34BNO. The Labute approximate surface area is 265 Å². The normalized spacial score (nSPS) is 13.2. The summed E-state index contributed by atoms with van der Waals surface area (Å²) in [6, 6.07) is 45.2. The van der Waals surface area contributed by atoms with Gasteiger partial charge in [0, 0.05) is 27.8 Å². The van der Waals surface area contributed by atoms with E-state index in [9.17, 15) is 0 Å². The highest BCUT2D eigenvalue weighted by Gasteiger charge is 2.42. The van der Waals surface area contributed by atoms with Gasteiger partial charge in [0.15, 0.2) is 0 Å². The number of hydrogen-bond acceptors (Lipinski definition) is 2. The van der Waals surface area contributed by atoms with E-state index in [0.29, 0.717) is 11.8 Å². The number of hydrogen-bond donors (Lipinski definition) is 0. The molecule has 0 fully saturated rings. The highest BCUT2D eigenvalue weighted by atomic mass is 16.3. The molecule has 3 heterocycles. The van der Waals surface area contributed by atoms with Gasteiger partial charge in [0.25, 0.3) is 0 Å². The van der Waals surface area contributed by atoms with Crippen molar-refractivity contribution >= 4 is 62.1 Å². The zero-order valence-electron chi connectivity index (χ0n) is 26.1. The summed E-state index contributed by atoms with van der Waals surface area (Å²) in [6.07, 6.45) is 0. The van der Waals surface area contributed by atoms with Gasteiger partial charge >= 0.3 is 0 Å². The molecule has 3 heteroatoms. The maximum atomic E-state index is 6.20. The van der Waals surface area contributed by atoms with Gasteiger partial charge in [-0.2, -0.15) is 0 Å². The van der Waals surface area contributed by atoms with Crippen molar-refractivity contribution in [1.29, 1.82) is 0 Å². The summed E-state index contributed by atoms with van der Waals surface area (Å²) in [6.45, 7) is 9.35. The lowest BCUT2D eigenvalue weighted by Crippen LogP contribution is -2.54. The first-order chi connectivity index (χ1) is 22.0. The van der Waals surface area contributed by atoms with Crippen molar-refractivity contribution in [1.82, 2.24) is 0 Å². The molecule has 2 aliphatic rings. The summed E-state index contributed by atoms with van der Waals surface area (Å²) in [4.78, 5) is 2.55. The lowest BCUT2D eigenvalue weighted by atomic mass is 9.37. The molecule has 0 atom stereocenters. The Morgan fingerprint density at radius 1 is 0.533 bits per heavy atom. The second-order valence-corrected chi connectivity index (χ2v) is 13.3. The van der Waals surface area contributed by atoms with E-state index < -0.39 is 0 Å². The molecule has 0 bridgehead atoms. The highest BCUT2D eigenvalue weighted by Crippen LogP contribution is 2.44. The number of para-hydroxylation sites is 1. The van der Waals surface area contributed by atoms with Gasteiger partial charge in [-0.1, -0.05) is 106 Å². The monoisotopic (exact) mass is 579 g/mol. The van der Waals surface area contributed by atoms with Crippen molar-refractivity contribution in [2.45, 2.75) is 39.5 Å². The minimum absolute atomic E-state index is 0.210. The van der Waals surface area contributed by atoms with E-state index >= 15 is 0 Å². The summed E-state index contributed by atoms with van der Waals surface area (Å²) in [5.41, 5.74) is 17.6. The van der Waals surface area contributed by atoms with Gasteiger partial charge in [-0.05, 0) is 105 Å². The van der Waals surface area contributed by atoms with Gasteiger partial charge in [-0.3, -0.25) is 0 Å². The van der Waals surface area contributed by atoms with E-state index in [1.807, 2.05) is 6.07 Å². The maximum Gasteiger partial charge on any atom is 0.248 e. The SMILES string of the molecule is CC(C)c1cccc(N2c3cc(C(C)C)ccc3B3c4ccccc4-c4cc(-c5ccc6oc7ccccc7c6c5)cc2c43)c1. The number of rotatable bonds is 4. The quantitative estimate of drug-likeness (QED) is 0.193. The van der Waals surface area contributed by atoms with Gasteiger partial charge in [0.1, 0.15) is 11.2 Å². The van der Waals surface area contributed by atoms with Crippen molar-refractivity contribution in [2.24, 2.45) is 0 Å². The summed E-state index contributed by atoms with van der Waals surface area (Å²) in [5, 5.41) is 2.31. The molecule has 7 aromatic rings. The molecule has 0 saturated carbocycles. The number of nitrogens with zero attached hydrogens (tertiary/aromatic N) is 1. The fraction of sp³-hybridized carbons (Fsp3) is 0.143. The van der Waals surface area contributed by atoms with Crippen molar-refractivity contribution in [3.63, 3.8) is 0 Å². The Bertz CT molecular complexity index is 2310. The fourth-order valence-corrected chi connectivity index (χ4v) is 7.68. The summed E-state index contributed by atoms with van der Waals surface area (Å²) >= 11 is 0. The van der Waals surface area contributed by atoms with Crippen LogP contribution in [0.2, 0.25) is 0 Å². The minimum Gasteiger partial charge on any atom is -0.456 e. The van der Waals surface area contributed by atoms with Crippen LogP contribution in [0.5, 0.6) is 0 Å². The molecule has 0 aliphatic carbocycles. The van der Waals surface area contributed by atoms with Crippen LogP contribution in [-0.4, -0.2) is 6.71 Å². The summed E-state index contributed by atoms with van der Waals surface area (Å²) in [5.74, 6) is 0.886. The number of fused-ring (bicyclic) bond motifs is 8. The number of furan rings is 1. The van der Waals surface area contributed by atoms with Gasteiger partial charge in [-0.25, -0.2) is 0 Å². The standard InChI is InChI=1S/C42H34BNO/c1-25(2)27-10-9-11-31(20-27)44-38-23-28(26(3)4)16-18-37(38)43-36-14-7-5-12-32(36)35-22-30(24-39(44)42(35)43)29-17-19-41-34(21-29)33-13-6-8-15-40(33)45-41/h5-26H,1-4H3. The molecule has 0 spiro atoms. The molecular weight excluding hydrogens is 545 g/mol. The van der Waals surface area contributed by atoms with Gasteiger partial charge < -0.3 is 9.32 Å². The van der Waals surface area contributed by atoms with Gasteiger partial charge in [0.2, 0.25) is 6.71 Å². The van der Waals surface area contributed by atoms with E-state index in [2.05, 4.69) is 148 Å². The summed E-state index contributed by atoms with van der Waals surface area (Å²) < 4.78 is 6.20. The molecule has 2 nitrogen and oxygen atoms in total. The van der Waals surface area contributed by atoms with Gasteiger partial charge in [0.05, 0.1) is 0 Å². The second-order valence-electron chi connectivity index (χ2n) is 13.3. The largest absolute Gasteiger partial charge is 0.456 e. The van der Waals surface area contributed by atoms with E-state index in [1.54, 1.807) is 0 Å². The van der Waals surface area contributed by atoms with Crippen LogP contribution in [0.1, 0.15) is 50.7 Å². The van der Waals surface area contributed by atoms with Gasteiger partial charge in [-0.15, -0.1) is 0 Å². The van der Waals surface area contributed by atoms with Crippen LogP contribution in [-0.2, 0) is 0 Å². The van der Waals surface area contributed by atoms with Crippen LogP contribution < -0.4 is 21.3 Å². The molecule has 45 heavy (non-hydrogen) atoms. The molecule has 0 amide bonds. The van der Waals surface area contributed by atoms with Crippen LogP contribution >= 0.6 is 0 Å². The first-order valence-electron chi connectivity index (χ1n) is 16.2. The van der Waals surface area contributed by atoms with Crippen molar-refractivity contribution < 1.29 is 4.42 Å². The Hall–Kier alpha value is -5.02. The lowest BCUT2D eigenvalue weighted by molar-refractivity contribution is 0.669. The Kier molecular flexibility index (Phi) is 5.71. The molecule has 216 valence electrons. The second kappa shape index (κ2) is 9.74. The van der Waals surface area contributed by atoms with Crippen LogP contribution in [0, 0.1) is 0 Å². The Morgan fingerprint density at radius 2 is 1.31 bits per heavy atom. The lowest BCUT2D eigenvalue weighted by Gasteiger charge is -2.37. The third-order valence-electron chi connectivity index (χ3n) is 10.0. The van der Waals surface area contributed by atoms with Crippen molar-refractivity contribution in [2.75, 3.05) is 4.90 Å². The third-order valence-corrected chi connectivity index (χ3v) is 10.0. The van der Waals surface area contributed by atoms with E-state index in [-0.39, 0.29) is 6.71 Å². The molecule has 0 saturated heterocycles. The molecule has 2 aliphatic heterocycles. The average Bonchev–Trinajstić information content (AvgIpc) is 3.61. The van der Waals surface area contributed by atoms with Crippen LogP contribution in [0.15, 0.2) is 126 Å². The van der Waals surface area contributed by atoms with Crippen molar-refractivity contribution in [3.05, 3.63) is 132 Å². The van der Waals surface area contributed by atoms with Crippen LogP contribution in [0.3, 0.4) is 0 Å². The zero-order valence-corrected chi connectivity index (χ0v) is 26.1. The molecule has 9 rings (SSSR count). The molecule has 0 radical (unpaired) electrons. The molecule has 1 aromatic heterocycles. The average molecular weight is 580 g/mol. The van der Waals surface area contributed by atoms with E-state index in [1.165, 1.54) is 66.8 Å². The Balaban J connectivity index is 1.35. The predicted molar refractivity (Wildman–Crippen MR) is 192 cm³/mol. The van der Waals surface area contributed by atoms with Crippen molar-refractivity contribution in [3.8, 4) is 22.3 Å². The zero-order chi connectivity index (χ0) is 30.4. The summed E-state index contributed by atoms with van der Waals surface area (Å²) in [7, 11) is 0.